The molecule has 2 aromatic heterocycles. The summed E-state index contributed by atoms with van der Waals surface area (Å²) in [6, 6.07) is 1.97. The number of carbonyl (C=O) groups excluding carboxylic acids is 1. The van der Waals surface area contributed by atoms with E-state index in [9.17, 15) is 4.79 Å². The van der Waals surface area contributed by atoms with Gasteiger partial charge in [-0.05, 0) is 39.2 Å². The average Bonchev–Trinajstić information content (AvgIpc) is 2.88. The summed E-state index contributed by atoms with van der Waals surface area (Å²) in [5.41, 5.74) is 3.48. The maximum atomic E-state index is 12.6. The number of carbonyl (C=O) groups is 1. The van der Waals surface area contributed by atoms with Crippen LogP contribution in [-0.2, 0) is 12.8 Å². The minimum atomic E-state index is -0.0162. The van der Waals surface area contributed by atoms with Crippen LogP contribution in [0.5, 0.6) is 0 Å². The van der Waals surface area contributed by atoms with Crippen molar-refractivity contribution in [3.63, 3.8) is 0 Å². The topological polar surface area (TPSA) is 72.1 Å². The smallest absolute Gasteiger partial charge is 0.276 e. The highest BCUT2D eigenvalue weighted by atomic mass is 16.5. The van der Waals surface area contributed by atoms with Crippen LogP contribution in [0.1, 0.15) is 57.8 Å². The Balaban J connectivity index is 1.47. The number of likely N-dealkylation sites (tertiary alicyclic amines) is 1. The fourth-order valence-corrected chi connectivity index (χ4v) is 3.45. The predicted molar refractivity (Wildman–Crippen MR) is 83.3 cm³/mol. The highest BCUT2D eigenvalue weighted by Crippen LogP contribution is 2.29. The normalized spacial score (nSPS) is 17.7. The third-order valence-corrected chi connectivity index (χ3v) is 4.69. The Morgan fingerprint density at radius 1 is 1.17 bits per heavy atom. The van der Waals surface area contributed by atoms with Crippen molar-refractivity contribution >= 4 is 5.91 Å². The molecule has 0 atom stereocenters. The lowest BCUT2D eigenvalue weighted by Crippen LogP contribution is -2.49. The van der Waals surface area contributed by atoms with E-state index in [1.54, 1.807) is 0 Å². The van der Waals surface area contributed by atoms with E-state index in [1.165, 1.54) is 0 Å². The minimum Gasteiger partial charge on any atom is -0.360 e. The Kier molecular flexibility index (Phi) is 3.39. The first-order valence-corrected chi connectivity index (χ1v) is 8.20. The van der Waals surface area contributed by atoms with E-state index in [0.29, 0.717) is 18.8 Å². The van der Waals surface area contributed by atoms with Crippen molar-refractivity contribution in [2.45, 2.75) is 45.4 Å². The van der Waals surface area contributed by atoms with Crippen molar-refractivity contribution in [2.75, 3.05) is 13.1 Å². The van der Waals surface area contributed by atoms with E-state index in [2.05, 4.69) is 15.1 Å². The third kappa shape index (κ3) is 2.52. The number of fused-ring (bicyclic) bond motifs is 1. The number of hydrogen-bond acceptors (Lipinski definition) is 5. The van der Waals surface area contributed by atoms with E-state index in [-0.39, 0.29) is 11.8 Å². The number of aromatic nitrogens is 3. The van der Waals surface area contributed by atoms with Gasteiger partial charge >= 0.3 is 0 Å². The molecule has 0 aromatic carbocycles. The molecule has 2 aliphatic rings. The van der Waals surface area contributed by atoms with Crippen LogP contribution in [0.15, 0.2) is 10.6 Å². The second-order valence-electron chi connectivity index (χ2n) is 6.56. The van der Waals surface area contributed by atoms with Crippen LogP contribution in [-0.4, -0.2) is 39.0 Å². The summed E-state index contributed by atoms with van der Waals surface area (Å²) < 4.78 is 5.35. The molecule has 6 nitrogen and oxygen atoms in total. The summed E-state index contributed by atoms with van der Waals surface area (Å²) >= 11 is 0. The molecule has 0 unspecified atom stereocenters. The molecule has 1 saturated heterocycles. The molecular weight excluding hydrogens is 292 g/mol. The average molecular weight is 312 g/mol. The summed E-state index contributed by atoms with van der Waals surface area (Å²) in [6.45, 7) is 5.26. The molecule has 0 spiro atoms. The fraction of sp³-hybridized carbons (Fsp3) is 0.529. The SMILES string of the molecule is Cc1cc(C)nc(C2CN(C(=O)c3noc4c3CCCC4)C2)n1. The molecule has 1 amide bonds. The first kappa shape index (κ1) is 14.4. The van der Waals surface area contributed by atoms with Crippen molar-refractivity contribution in [2.24, 2.45) is 0 Å². The van der Waals surface area contributed by atoms with E-state index in [1.807, 2.05) is 24.8 Å². The van der Waals surface area contributed by atoms with Gasteiger partial charge in [0.15, 0.2) is 5.69 Å². The van der Waals surface area contributed by atoms with Gasteiger partial charge in [-0.1, -0.05) is 5.16 Å². The van der Waals surface area contributed by atoms with Crippen molar-refractivity contribution in [3.8, 4) is 0 Å². The number of nitrogens with zero attached hydrogens (tertiary/aromatic N) is 4. The lowest BCUT2D eigenvalue weighted by atomic mass is 9.94. The van der Waals surface area contributed by atoms with Gasteiger partial charge in [0.1, 0.15) is 11.6 Å². The molecule has 23 heavy (non-hydrogen) atoms. The number of amides is 1. The molecule has 4 rings (SSSR count). The van der Waals surface area contributed by atoms with Crippen molar-refractivity contribution in [1.29, 1.82) is 0 Å². The standard InChI is InChI=1S/C17H20N4O2/c1-10-7-11(2)19-16(18-10)12-8-21(9-12)17(22)15-13-5-3-4-6-14(13)23-20-15/h7,12H,3-6,8-9H2,1-2H3. The predicted octanol–water partition coefficient (Wildman–Crippen LogP) is 2.20. The molecule has 1 aliphatic carbocycles. The Morgan fingerprint density at radius 3 is 2.61 bits per heavy atom. The Hall–Kier alpha value is -2.24. The molecule has 0 radical (unpaired) electrons. The lowest BCUT2D eigenvalue weighted by Gasteiger charge is -2.38. The van der Waals surface area contributed by atoms with Gasteiger partial charge in [0.2, 0.25) is 0 Å². The van der Waals surface area contributed by atoms with Gasteiger partial charge in [-0.25, -0.2) is 9.97 Å². The monoisotopic (exact) mass is 312 g/mol. The molecule has 2 aromatic rings. The van der Waals surface area contributed by atoms with Crippen molar-refractivity contribution < 1.29 is 9.32 Å². The summed E-state index contributed by atoms with van der Waals surface area (Å²) in [6.07, 6.45) is 4.02. The third-order valence-electron chi connectivity index (χ3n) is 4.69. The highest BCUT2D eigenvalue weighted by Gasteiger charge is 2.37. The molecule has 120 valence electrons. The van der Waals surface area contributed by atoms with Crippen LogP contribution in [0.3, 0.4) is 0 Å². The molecule has 0 N–H and O–H groups in total. The maximum absolute atomic E-state index is 12.6. The largest absolute Gasteiger partial charge is 0.360 e. The quantitative estimate of drug-likeness (QED) is 0.850. The zero-order chi connectivity index (χ0) is 16.0. The second-order valence-corrected chi connectivity index (χ2v) is 6.56. The van der Waals surface area contributed by atoms with Gasteiger partial charge in [-0.15, -0.1) is 0 Å². The Morgan fingerprint density at radius 2 is 1.87 bits per heavy atom. The van der Waals surface area contributed by atoms with Crippen LogP contribution in [0.4, 0.5) is 0 Å². The summed E-state index contributed by atoms with van der Waals surface area (Å²) in [7, 11) is 0. The van der Waals surface area contributed by atoms with Gasteiger partial charge in [-0.3, -0.25) is 4.79 Å². The molecule has 1 fully saturated rings. The minimum absolute atomic E-state index is 0.0162. The van der Waals surface area contributed by atoms with Gasteiger partial charge < -0.3 is 9.42 Å². The molecule has 0 bridgehead atoms. The van der Waals surface area contributed by atoms with E-state index in [0.717, 1.165) is 54.2 Å². The van der Waals surface area contributed by atoms with Crippen LogP contribution >= 0.6 is 0 Å². The van der Waals surface area contributed by atoms with Gasteiger partial charge in [0.05, 0.1) is 5.92 Å². The van der Waals surface area contributed by atoms with E-state index >= 15 is 0 Å². The number of rotatable bonds is 2. The van der Waals surface area contributed by atoms with Crippen LogP contribution in [0.25, 0.3) is 0 Å². The Labute approximate surface area is 134 Å². The van der Waals surface area contributed by atoms with Crippen LogP contribution in [0, 0.1) is 13.8 Å². The molecule has 1 aliphatic heterocycles. The first-order chi connectivity index (χ1) is 11.1. The zero-order valence-corrected chi connectivity index (χ0v) is 13.5. The Bertz CT molecular complexity index is 742. The number of aryl methyl sites for hydroxylation is 3. The van der Waals surface area contributed by atoms with Gasteiger partial charge in [0.25, 0.3) is 5.91 Å². The highest BCUT2D eigenvalue weighted by molar-refractivity contribution is 5.94. The summed E-state index contributed by atoms with van der Waals surface area (Å²) in [5.74, 6) is 1.95. The van der Waals surface area contributed by atoms with E-state index < -0.39 is 0 Å². The maximum Gasteiger partial charge on any atom is 0.276 e. The zero-order valence-electron chi connectivity index (χ0n) is 13.5. The van der Waals surface area contributed by atoms with Crippen molar-refractivity contribution in [3.05, 3.63) is 40.3 Å². The van der Waals surface area contributed by atoms with Gasteiger partial charge in [-0.2, -0.15) is 0 Å². The molecule has 6 heteroatoms. The molecule has 0 saturated carbocycles. The second kappa shape index (κ2) is 5.44. The fourth-order valence-electron chi connectivity index (χ4n) is 3.45. The lowest BCUT2D eigenvalue weighted by molar-refractivity contribution is 0.0582. The van der Waals surface area contributed by atoms with Gasteiger partial charge in [0, 0.05) is 36.5 Å². The first-order valence-electron chi connectivity index (χ1n) is 8.20. The summed E-state index contributed by atoms with van der Waals surface area (Å²) in [4.78, 5) is 23.5. The van der Waals surface area contributed by atoms with Crippen LogP contribution in [0.2, 0.25) is 0 Å². The summed E-state index contributed by atoms with van der Waals surface area (Å²) in [5, 5.41) is 4.03. The van der Waals surface area contributed by atoms with Crippen molar-refractivity contribution in [1.82, 2.24) is 20.0 Å². The molecule has 3 heterocycles. The molecular formula is C17H20N4O2. The van der Waals surface area contributed by atoms with E-state index in [4.69, 9.17) is 4.52 Å². The van der Waals surface area contributed by atoms with Crippen LogP contribution < -0.4 is 0 Å². The number of hydrogen-bond donors (Lipinski definition) is 0.